The first-order chi connectivity index (χ1) is 8.81. The van der Waals surface area contributed by atoms with E-state index in [1.54, 1.807) is 7.11 Å². The second-order valence-electron chi connectivity index (χ2n) is 4.55. The molecule has 0 fully saturated rings. The van der Waals surface area contributed by atoms with Gasteiger partial charge >= 0.3 is 0 Å². The van der Waals surface area contributed by atoms with Crippen LogP contribution in [0.4, 0.5) is 0 Å². The molecule has 0 aromatic heterocycles. The lowest BCUT2D eigenvalue weighted by Crippen LogP contribution is -2.28. The van der Waals surface area contributed by atoms with E-state index in [0.717, 1.165) is 32.7 Å². The van der Waals surface area contributed by atoms with Gasteiger partial charge in [0.05, 0.1) is 19.3 Å². The smallest absolute Gasteiger partial charge is 0.0700 e. The summed E-state index contributed by atoms with van der Waals surface area (Å²) in [6, 6.07) is 0. The monoisotopic (exact) mass is 261 g/mol. The predicted molar refractivity (Wildman–Crippen MR) is 75.1 cm³/mol. The van der Waals surface area contributed by atoms with Gasteiger partial charge in [0, 0.05) is 26.9 Å². The van der Waals surface area contributed by atoms with Crippen LogP contribution in [0, 0.1) is 0 Å². The maximum Gasteiger partial charge on any atom is 0.0700 e. The standard InChI is InChI=1S/C14H31NO3/c1-4-5-6-8-15-13-14(2)18-10-7-9-17-12-11-16-3/h14-15H,4-13H2,1-3H3. The second-order valence-corrected chi connectivity index (χ2v) is 4.55. The largest absolute Gasteiger partial charge is 0.382 e. The summed E-state index contributed by atoms with van der Waals surface area (Å²) in [6.45, 7) is 9.23. The average Bonchev–Trinajstić information content (AvgIpc) is 2.37. The fraction of sp³-hybridized carbons (Fsp3) is 1.00. The molecule has 1 unspecified atom stereocenters. The summed E-state index contributed by atoms with van der Waals surface area (Å²) >= 11 is 0. The van der Waals surface area contributed by atoms with Crippen molar-refractivity contribution in [2.45, 2.75) is 45.6 Å². The summed E-state index contributed by atoms with van der Waals surface area (Å²) in [6.07, 6.45) is 5.07. The van der Waals surface area contributed by atoms with Gasteiger partial charge in [0.25, 0.3) is 0 Å². The van der Waals surface area contributed by atoms with Crippen LogP contribution in [0.15, 0.2) is 0 Å². The number of ether oxygens (including phenoxy) is 3. The van der Waals surface area contributed by atoms with E-state index in [4.69, 9.17) is 14.2 Å². The number of nitrogens with one attached hydrogen (secondary N) is 1. The molecular formula is C14H31NO3. The Morgan fingerprint density at radius 3 is 2.56 bits per heavy atom. The second kappa shape index (κ2) is 14.9. The third-order valence-corrected chi connectivity index (χ3v) is 2.66. The third-order valence-electron chi connectivity index (χ3n) is 2.66. The lowest BCUT2D eigenvalue weighted by atomic mass is 10.2. The molecule has 1 N–H and O–H groups in total. The van der Waals surface area contributed by atoms with Crippen LogP contribution in [0.25, 0.3) is 0 Å². The number of hydrogen-bond acceptors (Lipinski definition) is 4. The van der Waals surface area contributed by atoms with Gasteiger partial charge in [-0.25, -0.2) is 0 Å². The highest BCUT2D eigenvalue weighted by molar-refractivity contribution is 4.55. The molecule has 18 heavy (non-hydrogen) atoms. The highest BCUT2D eigenvalue weighted by atomic mass is 16.5. The molecule has 0 aliphatic carbocycles. The summed E-state index contributed by atoms with van der Waals surface area (Å²) in [5.74, 6) is 0. The Morgan fingerprint density at radius 2 is 1.83 bits per heavy atom. The molecule has 0 aromatic rings. The molecule has 0 heterocycles. The van der Waals surface area contributed by atoms with Crippen molar-refractivity contribution in [1.82, 2.24) is 5.32 Å². The molecule has 0 rings (SSSR count). The molecule has 0 aliphatic heterocycles. The Balaban J connectivity index is 3.09. The van der Waals surface area contributed by atoms with Crippen LogP contribution in [0.5, 0.6) is 0 Å². The first-order valence-electron chi connectivity index (χ1n) is 7.20. The molecule has 110 valence electrons. The average molecular weight is 261 g/mol. The number of unbranched alkanes of at least 4 members (excludes halogenated alkanes) is 2. The normalized spacial score (nSPS) is 12.8. The van der Waals surface area contributed by atoms with Gasteiger partial charge in [-0.15, -0.1) is 0 Å². The first-order valence-corrected chi connectivity index (χ1v) is 7.20. The molecule has 0 aliphatic rings. The molecule has 0 saturated carbocycles. The number of rotatable bonds is 14. The summed E-state index contributed by atoms with van der Waals surface area (Å²) in [7, 11) is 1.68. The Kier molecular flexibility index (Phi) is 14.8. The van der Waals surface area contributed by atoms with E-state index in [2.05, 4.69) is 19.2 Å². The van der Waals surface area contributed by atoms with Crippen molar-refractivity contribution >= 4 is 0 Å². The quantitative estimate of drug-likeness (QED) is 0.487. The molecule has 0 bridgehead atoms. The summed E-state index contributed by atoms with van der Waals surface area (Å²) < 4.78 is 15.9. The van der Waals surface area contributed by atoms with E-state index in [0.29, 0.717) is 13.2 Å². The van der Waals surface area contributed by atoms with Crippen LogP contribution in [-0.4, -0.2) is 52.7 Å². The van der Waals surface area contributed by atoms with Gasteiger partial charge in [-0.3, -0.25) is 0 Å². The van der Waals surface area contributed by atoms with Crippen molar-refractivity contribution < 1.29 is 14.2 Å². The van der Waals surface area contributed by atoms with Crippen LogP contribution in [0.1, 0.15) is 39.5 Å². The molecule has 0 saturated heterocycles. The van der Waals surface area contributed by atoms with Gasteiger partial charge in [0.2, 0.25) is 0 Å². The van der Waals surface area contributed by atoms with E-state index < -0.39 is 0 Å². The minimum absolute atomic E-state index is 0.283. The Morgan fingerprint density at radius 1 is 1.00 bits per heavy atom. The SMILES string of the molecule is CCCCCNCC(C)OCCCOCCOC. The van der Waals surface area contributed by atoms with Crippen molar-refractivity contribution in [3.05, 3.63) is 0 Å². The molecule has 0 radical (unpaired) electrons. The molecular weight excluding hydrogens is 230 g/mol. The van der Waals surface area contributed by atoms with Crippen LogP contribution >= 0.6 is 0 Å². The summed E-state index contributed by atoms with van der Waals surface area (Å²) in [5.41, 5.74) is 0. The van der Waals surface area contributed by atoms with E-state index in [1.165, 1.54) is 19.3 Å². The van der Waals surface area contributed by atoms with Crippen LogP contribution in [0.3, 0.4) is 0 Å². The first kappa shape index (κ1) is 17.8. The Labute approximate surface area is 112 Å². The topological polar surface area (TPSA) is 39.7 Å². The predicted octanol–water partition coefficient (Wildman–Crippen LogP) is 2.22. The van der Waals surface area contributed by atoms with Gasteiger partial charge < -0.3 is 19.5 Å². The maximum absolute atomic E-state index is 5.68. The minimum atomic E-state index is 0.283. The molecule has 0 spiro atoms. The fourth-order valence-electron chi connectivity index (χ4n) is 1.55. The Hall–Kier alpha value is -0.160. The summed E-state index contributed by atoms with van der Waals surface area (Å²) in [5, 5.41) is 3.42. The zero-order valence-electron chi connectivity index (χ0n) is 12.4. The fourth-order valence-corrected chi connectivity index (χ4v) is 1.55. The maximum atomic E-state index is 5.68. The van der Waals surface area contributed by atoms with Gasteiger partial charge in [-0.1, -0.05) is 19.8 Å². The number of hydrogen-bond donors (Lipinski definition) is 1. The van der Waals surface area contributed by atoms with Crippen LogP contribution in [-0.2, 0) is 14.2 Å². The van der Waals surface area contributed by atoms with Crippen molar-refractivity contribution in [1.29, 1.82) is 0 Å². The van der Waals surface area contributed by atoms with Crippen molar-refractivity contribution in [3.8, 4) is 0 Å². The molecule has 0 amide bonds. The van der Waals surface area contributed by atoms with Crippen molar-refractivity contribution in [2.75, 3.05) is 46.6 Å². The van der Waals surface area contributed by atoms with Gasteiger partial charge in [0.15, 0.2) is 0 Å². The van der Waals surface area contributed by atoms with Crippen LogP contribution < -0.4 is 5.32 Å². The molecule has 4 heteroatoms. The molecule has 1 atom stereocenters. The van der Waals surface area contributed by atoms with E-state index in [1.807, 2.05) is 0 Å². The van der Waals surface area contributed by atoms with Crippen molar-refractivity contribution in [3.63, 3.8) is 0 Å². The molecule has 4 nitrogen and oxygen atoms in total. The third kappa shape index (κ3) is 13.9. The van der Waals surface area contributed by atoms with Gasteiger partial charge in [-0.2, -0.15) is 0 Å². The zero-order chi connectivity index (χ0) is 13.5. The molecule has 0 aromatic carbocycles. The summed E-state index contributed by atoms with van der Waals surface area (Å²) in [4.78, 5) is 0. The van der Waals surface area contributed by atoms with E-state index >= 15 is 0 Å². The lowest BCUT2D eigenvalue weighted by Gasteiger charge is -2.14. The number of methoxy groups -OCH3 is 1. The Bertz CT molecular complexity index is 156. The highest BCUT2D eigenvalue weighted by Gasteiger charge is 2.00. The van der Waals surface area contributed by atoms with E-state index in [9.17, 15) is 0 Å². The van der Waals surface area contributed by atoms with Gasteiger partial charge in [-0.05, 0) is 26.3 Å². The zero-order valence-corrected chi connectivity index (χ0v) is 12.4. The minimum Gasteiger partial charge on any atom is -0.382 e. The highest BCUT2D eigenvalue weighted by Crippen LogP contribution is 1.94. The van der Waals surface area contributed by atoms with Crippen molar-refractivity contribution in [2.24, 2.45) is 0 Å². The van der Waals surface area contributed by atoms with Gasteiger partial charge in [0.1, 0.15) is 0 Å². The van der Waals surface area contributed by atoms with E-state index in [-0.39, 0.29) is 6.10 Å². The van der Waals surface area contributed by atoms with Crippen LogP contribution in [0.2, 0.25) is 0 Å². The lowest BCUT2D eigenvalue weighted by molar-refractivity contribution is 0.0304.